The predicted molar refractivity (Wildman–Crippen MR) is 163 cm³/mol. The van der Waals surface area contributed by atoms with Crippen molar-refractivity contribution in [3.8, 4) is 12.1 Å². The third-order valence-corrected chi connectivity index (χ3v) is 8.74. The van der Waals surface area contributed by atoms with Gasteiger partial charge in [-0.15, -0.1) is 0 Å². The fraction of sp³-hybridized carbons (Fsp3) is 0.455. The molecule has 1 atom stereocenters. The molecule has 1 aromatic heterocycles. The molecule has 0 N–H and O–H groups in total. The number of aromatic nitrogens is 2. The van der Waals surface area contributed by atoms with E-state index in [0.717, 1.165) is 42.9 Å². The van der Waals surface area contributed by atoms with Gasteiger partial charge in [-0.3, -0.25) is 4.79 Å². The van der Waals surface area contributed by atoms with Crippen LogP contribution in [-0.4, -0.2) is 72.3 Å². The Hall–Kier alpha value is -4.16. The maximum atomic E-state index is 12.5. The van der Waals surface area contributed by atoms with Crippen molar-refractivity contribution in [1.29, 1.82) is 5.26 Å². The molecule has 3 heterocycles. The fourth-order valence-corrected chi connectivity index (χ4v) is 6.31. The minimum Gasteiger partial charge on any atom is -0.461 e. The zero-order chi connectivity index (χ0) is 29.1. The average Bonchev–Trinajstić information content (AvgIpc) is 2.99. The van der Waals surface area contributed by atoms with Gasteiger partial charge in [-0.25, -0.2) is 0 Å². The Kier molecular flexibility index (Phi) is 8.24. The number of anilines is 2. The number of piperazine rings is 1. The SMILES string of the molecule is C=CC(=O)N1CCN(c2nc(OCCOC3CCC3)nc3c2CCN(c2cccc4cccc(C)c24)C3)C[C@@H]1CC#N. The first kappa shape index (κ1) is 28.0. The number of benzene rings is 2. The number of carbonyl (C=O) groups is 1. The van der Waals surface area contributed by atoms with Crippen molar-refractivity contribution in [3.05, 3.63) is 65.9 Å². The van der Waals surface area contributed by atoms with Crippen LogP contribution in [0.5, 0.6) is 6.01 Å². The van der Waals surface area contributed by atoms with E-state index in [-0.39, 0.29) is 18.4 Å². The molecule has 3 aliphatic rings. The van der Waals surface area contributed by atoms with E-state index < -0.39 is 0 Å². The molecule has 2 aliphatic heterocycles. The molecule has 1 aliphatic carbocycles. The summed E-state index contributed by atoms with van der Waals surface area (Å²) in [6, 6.07) is 15.3. The van der Waals surface area contributed by atoms with Gasteiger partial charge in [-0.05, 0) is 55.7 Å². The molecule has 3 aromatic rings. The highest BCUT2D eigenvalue weighted by atomic mass is 16.5. The molecule has 0 unspecified atom stereocenters. The first-order valence-corrected chi connectivity index (χ1v) is 15.0. The summed E-state index contributed by atoms with van der Waals surface area (Å²) in [4.78, 5) is 28.7. The Morgan fingerprint density at radius 3 is 2.71 bits per heavy atom. The van der Waals surface area contributed by atoms with Crippen LogP contribution >= 0.6 is 0 Å². The quantitative estimate of drug-likeness (QED) is 0.275. The number of amides is 1. The number of carbonyl (C=O) groups excluding carboxylic acids is 1. The number of aryl methyl sites for hydroxylation is 1. The first-order chi connectivity index (χ1) is 20.6. The number of hydrogen-bond donors (Lipinski definition) is 0. The van der Waals surface area contributed by atoms with E-state index >= 15 is 0 Å². The topological polar surface area (TPSA) is 94.8 Å². The van der Waals surface area contributed by atoms with Crippen LogP contribution < -0.4 is 14.5 Å². The van der Waals surface area contributed by atoms with Crippen molar-refractivity contribution >= 4 is 28.2 Å². The van der Waals surface area contributed by atoms with Crippen LogP contribution in [-0.2, 0) is 22.5 Å². The maximum Gasteiger partial charge on any atom is 0.318 e. The maximum absolute atomic E-state index is 12.5. The molecule has 1 saturated heterocycles. The van der Waals surface area contributed by atoms with Gasteiger partial charge in [-0.1, -0.05) is 36.9 Å². The van der Waals surface area contributed by atoms with Gasteiger partial charge in [0.25, 0.3) is 0 Å². The summed E-state index contributed by atoms with van der Waals surface area (Å²) >= 11 is 0. The fourth-order valence-electron chi connectivity index (χ4n) is 6.31. The van der Waals surface area contributed by atoms with Crippen LogP contribution in [0.25, 0.3) is 10.8 Å². The summed E-state index contributed by atoms with van der Waals surface area (Å²) in [6.07, 6.45) is 6.17. The summed E-state index contributed by atoms with van der Waals surface area (Å²) in [5.41, 5.74) is 4.52. The second kappa shape index (κ2) is 12.4. The van der Waals surface area contributed by atoms with Crippen LogP contribution in [0.1, 0.15) is 42.5 Å². The third kappa shape index (κ3) is 5.64. The normalized spacial score (nSPS) is 18.8. The summed E-state index contributed by atoms with van der Waals surface area (Å²) in [7, 11) is 0. The lowest BCUT2D eigenvalue weighted by Gasteiger charge is -2.42. The molecule has 0 spiro atoms. The lowest BCUT2D eigenvalue weighted by Crippen LogP contribution is -2.55. The Bertz CT molecular complexity index is 1510. The van der Waals surface area contributed by atoms with Gasteiger partial charge in [0.1, 0.15) is 12.4 Å². The highest BCUT2D eigenvalue weighted by Crippen LogP contribution is 2.36. The standard InChI is InChI=1S/C33H38N6O3/c1-3-30(40)39-18-17-38(21-25(39)13-15-34)32-27-14-16-37(29-12-5-9-24-8-4-7-23(2)31(24)29)22-28(27)35-33(36-32)42-20-19-41-26-10-6-11-26/h3-5,7-9,12,25-26H,1,6,10-11,13-14,16-22H2,2H3/t25-/m0/s1. The molecule has 1 amide bonds. The minimum atomic E-state index is -0.237. The summed E-state index contributed by atoms with van der Waals surface area (Å²) < 4.78 is 12.0. The molecule has 1 saturated carbocycles. The van der Waals surface area contributed by atoms with Gasteiger partial charge in [-0.2, -0.15) is 15.2 Å². The van der Waals surface area contributed by atoms with Crippen LogP contribution in [0.2, 0.25) is 0 Å². The molecule has 218 valence electrons. The molecule has 9 nitrogen and oxygen atoms in total. The number of ether oxygens (including phenoxy) is 2. The highest BCUT2D eigenvalue weighted by Gasteiger charge is 2.33. The van der Waals surface area contributed by atoms with Gasteiger partial charge >= 0.3 is 6.01 Å². The van der Waals surface area contributed by atoms with E-state index in [1.807, 2.05) is 0 Å². The third-order valence-electron chi connectivity index (χ3n) is 8.74. The Labute approximate surface area is 247 Å². The van der Waals surface area contributed by atoms with E-state index in [2.05, 4.69) is 65.8 Å². The van der Waals surface area contributed by atoms with Crippen molar-refractivity contribution in [2.45, 2.75) is 57.7 Å². The van der Waals surface area contributed by atoms with Crippen molar-refractivity contribution in [3.63, 3.8) is 0 Å². The molecular weight excluding hydrogens is 528 g/mol. The van der Waals surface area contributed by atoms with Crippen LogP contribution in [0.4, 0.5) is 11.5 Å². The summed E-state index contributed by atoms with van der Waals surface area (Å²) in [6.45, 7) is 9.82. The largest absolute Gasteiger partial charge is 0.461 e. The summed E-state index contributed by atoms with van der Waals surface area (Å²) in [5.74, 6) is 0.702. The van der Waals surface area contributed by atoms with Gasteiger partial charge in [0.15, 0.2) is 0 Å². The minimum absolute atomic E-state index is 0.142. The van der Waals surface area contributed by atoms with Gasteiger partial charge in [0.05, 0.1) is 43.5 Å². The number of nitrogens with zero attached hydrogens (tertiary/aromatic N) is 6. The molecular formula is C33H38N6O3. The Morgan fingerprint density at radius 2 is 1.95 bits per heavy atom. The molecule has 2 fully saturated rings. The van der Waals surface area contributed by atoms with E-state index in [4.69, 9.17) is 19.4 Å². The Morgan fingerprint density at radius 1 is 1.12 bits per heavy atom. The highest BCUT2D eigenvalue weighted by molar-refractivity contribution is 5.97. The van der Waals surface area contributed by atoms with Gasteiger partial charge in [0.2, 0.25) is 5.91 Å². The lowest BCUT2D eigenvalue weighted by molar-refractivity contribution is -0.128. The smallest absolute Gasteiger partial charge is 0.318 e. The average molecular weight is 567 g/mol. The second-order valence-electron chi connectivity index (χ2n) is 11.3. The monoisotopic (exact) mass is 566 g/mol. The number of rotatable bonds is 9. The van der Waals surface area contributed by atoms with Crippen molar-refractivity contribution in [1.82, 2.24) is 14.9 Å². The van der Waals surface area contributed by atoms with E-state index in [1.54, 1.807) is 4.90 Å². The molecule has 6 rings (SSSR count). The zero-order valence-electron chi connectivity index (χ0n) is 24.3. The molecule has 2 aromatic carbocycles. The van der Waals surface area contributed by atoms with Gasteiger partial charge < -0.3 is 24.2 Å². The van der Waals surface area contributed by atoms with E-state index in [0.29, 0.717) is 51.5 Å². The van der Waals surface area contributed by atoms with Crippen molar-refractivity contribution in [2.75, 3.05) is 49.2 Å². The molecule has 0 bridgehead atoms. The van der Waals surface area contributed by atoms with Crippen LogP contribution in [0.3, 0.4) is 0 Å². The molecule has 42 heavy (non-hydrogen) atoms. The predicted octanol–water partition coefficient (Wildman–Crippen LogP) is 4.57. The van der Waals surface area contributed by atoms with Crippen molar-refractivity contribution in [2.24, 2.45) is 0 Å². The Balaban J connectivity index is 1.30. The van der Waals surface area contributed by atoms with Crippen molar-refractivity contribution < 1.29 is 14.3 Å². The first-order valence-electron chi connectivity index (χ1n) is 15.0. The number of nitriles is 1. The van der Waals surface area contributed by atoms with E-state index in [1.165, 1.54) is 34.5 Å². The van der Waals surface area contributed by atoms with Crippen LogP contribution in [0, 0.1) is 18.3 Å². The molecule has 0 radical (unpaired) electrons. The van der Waals surface area contributed by atoms with E-state index in [9.17, 15) is 10.1 Å². The summed E-state index contributed by atoms with van der Waals surface area (Å²) in [5, 5.41) is 12.0. The van der Waals surface area contributed by atoms with Crippen LogP contribution in [0.15, 0.2) is 49.1 Å². The number of hydrogen-bond acceptors (Lipinski definition) is 8. The second-order valence-corrected chi connectivity index (χ2v) is 11.3. The zero-order valence-corrected chi connectivity index (χ0v) is 24.3. The molecule has 9 heteroatoms. The lowest BCUT2D eigenvalue weighted by atomic mass is 9.96. The number of fused-ring (bicyclic) bond motifs is 2. The van der Waals surface area contributed by atoms with Gasteiger partial charge in [0, 0.05) is 42.8 Å².